The fourth-order valence-electron chi connectivity index (χ4n) is 2.68. The van der Waals surface area contributed by atoms with Crippen molar-refractivity contribution < 1.29 is 14.5 Å². The lowest BCUT2D eigenvalue weighted by atomic mass is 9.95. The second-order valence-corrected chi connectivity index (χ2v) is 5.54. The summed E-state index contributed by atoms with van der Waals surface area (Å²) in [6.45, 7) is 0. The molecule has 0 spiro atoms. The van der Waals surface area contributed by atoms with E-state index in [1.165, 1.54) is 25.3 Å². The van der Waals surface area contributed by atoms with Crippen LogP contribution in [0.4, 0.5) is 11.4 Å². The molecule has 2 aromatic rings. The molecule has 1 aliphatic carbocycles. The van der Waals surface area contributed by atoms with E-state index in [1.807, 2.05) is 30.3 Å². The molecule has 23 heavy (non-hydrogen) atoms. The average Bonchev–Trinajstić information content (AvgIpc) is 3.37. The van der Waals surface area contributed by atoms with Gasteiger partial charge in [-0.3, -0.25) is 14.9 Å². The smallest absolute Gasteiger partial charge is 0.271 e. The van der Waals surface area contributed by atoms with Crippen molar-refractivity contribution in [2.24, 2.45) is 0 Å². The number of benzene rings is 2. The summed E-state index contributed by atoms with van der Waals surface area (Å²) in [7, 11) is 1.46. The first kappa shape index (κ1) is 15.0. The van der Waals surface area contributed by atoms with Gasteiger partial charge in [-0.25, -0.2) is 0 Å². The molecule has 0 aliphatic heterocycles. The van der Waals surface area contributed by atoms with E-state index >= 15 is 0 Å². The van der Waals surface area contributed by atoms with Crippen LogP contribution in [0.2, 0.25) is 0 Å². The number of nitrogens with zero attached hydrogens (tertiary/aromatic N) is 1. The molecule has 0 heterocycles. The number of nitro groups is 1. The number of hydrogen-bond donors (Lipinski definition) is 1. The lowest BCUT2D eigenvalue weighted by Crippen LogP contribution is -2.28. The minimum atomic E-state index is -0.545. The number of amides is 1. The topological polar surface area (TPSA) is 81.5 Å². The van der Waals surface area contributed by atoms with Crippen LogP contribution in [0.3, 0.4) is 0 Å². The quantitative estimate of drug-likeness (QED) is 0.678. The number of non-ortho nitro benzene ring substituents is 1. The zero-order valence-electron chi connectivity index (χ0n) is 12.6. The molecule has 0 radical (unpaired) electrons. The summed E-state index contributed by atoms with van der Waals surface area (Å²) in [6.07, 6.45) is 1.53. The number of rotatable bonds is 5. The van der Waals surface area contributed by atoms with Gasteiger partial charge in [0.25, 0.3) is 5.69 Å². The minimum absolute atomic E-state index is 0.0920. The summed E-state index contributed by atoms with van der Waals surface area (Å²) in [5.41, 5.74) is 0.637. The summed E-state index contributed by atoms with van der Waals surface area (Å²) < 4.78 is 5.18. The zero-order valence-corrected chi connectivity index (χ0v) is 12.6. The Bertz CT molecular complexity index is 754. The van der Waals surface area contributed by atoms with Gasteiger partial charge in [-0.1, -0.05) is 30.3 Å². The maximum Gasteiger partial charge on any atom is 0.271 e. The number of carbonyl (C=O) groups is 1. The molecule has 0 unspecified atom stereocenters. The number of methoxy groups -OCH3 is 1. The third-order valence-corrected chi connectivity index (χ3v) is 4.15. The molecule has 118 valence electrons. The zero-order chi connectivity index (χ0) is 16.4. The highest BCUT2D eigenvalue weighted by molar-refractivity contribution is 6.02. The van der Waals surface area contributed by atoms with Crippen molar-refractivity contribution in [3.63, 3.8) is 0 Å². The summed E-state index contributed by atoms with van der Waals surface area (Å²) in [6, 6.07) is 13.7. The average molecular weight is 312 g/mol. The molecule has 2 aromatic carbocycles. The minimum Gasteiger partial charge on any atom is -0.495 e. The number of anilines is 1. The van der Waals surface area contributed by atoms with Gasteiger partial charge in [0.15, 0.2) is 0 Å². The van der Waals surface area contributed by atoms with Crippen molar-refractivity contribution in [1.82, 2.24) is 0 Å². The molecular formula is C17H16N2O4. The van der Waals surface area contributed by atoms with Crippen molar-refractivity contribution >= 4 is 17.3 Å². The van der Waals surface area contributed by atoms with Gasteiger partial charge in [-0.15, -0.1) is 0 Å². The van der Waals surface area contributed by atoms with Crippen LogP contribution in [-0.4, -0.2) is 17.9 Å². The maximum atomic E-state index is 12.7. The fraction of sp³-hybridized carbons (Fsp3) is 0.235. The molecule has 0 saturated heterocycles. The normalized spacial score (nSPS) is 14.8. The van der Waals surface area contributed by atoms with E-state index < -0.39 is 10.3 Å². The molecule has 1 amide bonds. The molecule has 6 nitrogen and oxygen atoms in total. The Hall–Kier alpha value is -2.89. The molecule has 0 bridgehead atoms. The Balaban J connectivity index is 1.89. The lowest BCUT2D eigenvalue weighted by molar-refractivity contribution is -0.384. The van der Waals surface area contributed by atoms with Crippen LogP contribution >= 0.6 is 0 Å². The predicted octanol–water partition coefficient (Wildman–Crippen LogP) is 3.27. The van der Waals surface area contributed by atoms with E-state index in [0.717, 1.165) is 18.4 Å². The number of nitro benzene ring substituents is 1. The van der Waals surface area contributed by atoms with Crippen LogP contribution < -0.4 is 10.1 Å². The Labute approximate surface area is 133 Å². The molecule has 6 heteroatoms. The second-order valence-electron chi connectivity index (χ2n) is 5.54. The van der Waals surface area contributed by atoms with Crippen LogP contribution in [0.5, 0.6) is 5.75 Å². The SMILES string of the molecule is COc1ccc([N+](=O)[O-])cc1NC(=O)C1(c2ccccc2)CC1. The Kier molecular flexibility index (Phi) is 3.73. The molecule has 0 aromatic heterocycles. The number of carbonyl (C=O) groups excluding carboxylic acids is 1. The number of nitrogens with one attached hydrogen (secondary N) is 1. The molecule has 3 rings (SSSR count). The van der Waals surface area contributed by atoms with Crippen LogP contribution in [0, 0.1) is 10.1 Å². The highest BCUT2D eigenvalue weighted by atomic mass is 16.6. The van der Waals surface area contributed by atoms with E-state index in [9.17, 15) is 14.9 Å². The molecule has 0 atom stereocenters. The lowest BCUT2D eigenvalue weighted by Gasteiger charge is -2.17. The van der Waals surface area contributed by atoms with Gasteiger partial charge < -0.3 is 10.1 Å². The first-order chi connectivity index (χ1) is 11.1. The summed E-state index contributed by atoms with van der Waals surface area (Å²) in [5.74, 6) is 0.232. The Morgan fingerprint density at radius 1 is 1.22 bits per heavy atom. The molecule has 1 aliphatic rings. The van der Waals surface area contributed by atoms with Gasteiger partial charge in [-0.2, -0.15) is 0 Å². The van der Waals surface area contributed by atoms with E-state index in [1.54, 1.807) is 0 Å². The largest absolute Gasteiger partial charge is 0.495 e. The Morgan fingerprint density at radius 3 is 2.48 bits per heavy atom. The standard InChI is InChI=1S/C17H16N2O4/c1-23-15-8-7-13(19(21)22)11-14(15)18-16(20)17(9-10-17)12-5-3-2-4-6-12/h2-8,11H,9-10H2,1H3,(H,18,20). The van der Waals surface area contributed by atoms with Crippen molar-refractivity contribution in [2.45, 2.75) is 18.3 Å². The van der Waals surface area contributed by atoms with Crippen molar-refractivity contribution in [2.75, 3.05) is 12.4 Å². The van der Waals surface area contributed by atoms with Gasteiger partial charge in [0.1, 0.15) is 5.75 Å². The summed E-state index contributed by atoms with van der Waals surface area (Å²) >= 11 is 0. The molecule has 1 N–H and O–H groups in total. The molecule has 1 saturated carbocycles. The monoisotopic (exact) mass is 312 g/mol. The van der Waals surface area contributed by atoms with Gasteiger partial charge >= 0.3 is 0 Å². The van der Waals surface area contributed by atoms with Gasteiger partial charge in [0, 0.05) is 12.1 Å². The van der Waals surface area contributed by atoms with Crippen molar-refractivity contribution in [3.05, 3.63) is 64.2 Å². The van der Waals surface area contributed by atoms with Crippen LogP contribution in [0.25, 0.3) is 0 Å². The molecule has 1 fully saturated rings. The third-order valence-electron chi connectivity index (χ3n) is 4.15. The number of hydrogen-bond acceptors (Lipinski definition) is 4. The van der Waals surface area contributed by atoms with Gasteiger partial charge in [0.2, 0.25) is 5.91 Å². The Morgan fingerprint density at radius 2 is 1.91 bits per heavy atom. The van der Waals surface area contributed by atoms with E-state index in [-0.39, 0.29) is 11.6 Å². The van der Waals surface area contributed by atoms with Crippen LogP contribution in [0.1, 0.15) is 18.4 Å². The van der Waals surface area contributed by atoms with Crippen LogP contribution in [-0.2, 0) is 10.2 Å². The second kappa shape index (κ2) is 5.72. The third kappa shape index (κ3) is 2.75. The van der Waals surface area contributed by atoms with Crippen molar-refractivity contribution in [3.8, 4) is 5.75 Å². The highest BCUT2D eigenvalue weighted by Crippen LogP contribution is 2.49. The van der Waals surface area contributed by atoms with E-state index in [4.69, 9.17) is 4.74 Å². The molecular weight excluding hydrogens is 296 g/mol. The maximum absolute atomic E-state index is 12.7. The number of ether oxygens (including phenoxy) is 1. The first-order valence-corrected chi connectivity index (χ1v) is 7.26. The first-order valence-electron chi connectivity index (χ1n) is 7.26. The fourth-order valence-corrected chi connectivity index (χ4v) is 2.68. The van der Waals surface area contributed by atoms with E-state index in [0.29, 0.717) is 11.4 Å². The van der Waals surface area contributed by atoms with E-state index in [2.05, 4.69) is 5.32 Å². The highest BCUT2D eigenvalue weighted by Gasteiger charge is 2.51. The van der Waals surface area contributed by atoms with Gasteiger partial charge in [0.05, 0.1) is 23.1 Å². The summed E-state index contributed by atoms with van der Waals surface area (Å²) in [4.78, 5) is 23.1. The van der Waals surface area contributed by atoms with Crippen LogP contribution in [0.15, 0.2) is 48.5 Å². The summed E-state index contributed by atoms with van der Waals surface area (Å²) in [5, 5.41) is 13.7. The van der Waals surface area contributed by atoms with Crippen molar-refractivity contribution in [1.29, 1.82) is 0 Å². The predicted molar refractivity (Wildman–Crippen MR) is 85.6 cm³/mol. The van der Waals surface area contributed by atoms with Gasteiger partial charge in [-0.05, 0) is 24.5 Å².